The average Bonchev–Trinajstić information content (AvgIpc) is 3.14. The zero-order valence-electron chi connectivity index (χ0n) is 33.3. The Bertz CT molecular complexity index is 1540. The molecule has 0 unspecified atom stereocenters. The van der Waals surface area contributed by atoms with Crippen LogP contribution in [0, 0.1) is 0 Å². The Morgan fingerprint density at radius 3 is 1.09 bits per heavy atom. The van der Waals surface area contributed by atoms with Crippen LogP contribution in [0.1, 0.15) is 149 Å². The van der Waals surface area contributed by atoms with E-state index >= 15 is 0 Å². The predicted octanol–water partition coefficient (Wildman–Crippen LogP) is 9.09. The molecule has 2 aromatic rings. The number of benzene rings is 2. The predicted molar refractivity (Wildman–Crippen MR) is 218 cm³/mol. The quantitative estimate of drug-likeness (QED) is 0.0245. The monoisotopic (exact) mass is 812 g/mol. The van der Waals surface area contributed by atoms with E-state index in [1.165, 1.54) is 120 Å². The van der Waals surface area contributed by atoms with E-state index in [1.807, 2.05) is 0 Å². The summed E-state index contributed by atoms with van der Waals surface area (Å²) in [4.78, 5) is 23.0. The van der Waals surface area contributed by atoms with Gasteiger partial charge in [0, 0.05) is 12.8 Å². The molecule has 2 rings (SSSR count). The summed E-state index contributed by atoms with van der Waals surface area (Å²) in [5.74, 6) is -1.25. The normalized spacial score (nSPS) is 11.5. The lowest BCUT2D eigenvalue weighted by atomic mass is 10.1. The third-order valence-corrected chi connectivity index (χ3v) is 10.6. The first-order valence-corrected chi connectivity index (χ1v) is 23.2. The van der Waals surface area contributed by atoms with Crippen molar-refractivity contribution in [2.75, 3.05) is 26.2 Å². The van der Waals surface area contributed by atoms with Gasteiger partial charge in [0.15, 0.2) is 11.5 Å². The summed E-state index contributed by atoms with van der Waals surface area (Å²) in [5.41, 5.74) is 0. The average molecular weight is 813 g/mol. The first-order valence-electron chi connectivity index (χ1n) is 20.4. The molecule has 0 atom stereocenters. The molecule has 4 N–H and O–H groups in total. The van der Waals surface area contributed by atoms with Gasteiger partial charge in [0.1, 0.15) is 9.79 Å². The second-order valence-electron chi connectivity index (χ2n) is 13.8. The van der Waals surface area contributed by atoms with E-state index in [4.69, 9.17) is 18.6 Å². The highest BCUT2D eigenvalue weighted by Gasteiger charge is 2.19. The van der Waals surface area contributed by atoms with Crippen molar-refractivity contribution in [1.29, 1.82) is 0 Å². The fourth-order valence-electron chi connectivity index (χ4n) is 5.72. The van der Waals surface area contributed by atoms with Crippen LogP contribution in [0.5, 0.6) is 11.5 Å². The van der Waals surface area contributed by atoms with E-state index in [2.05, 4.69) is 24.5 Å². The number of esters is 2. The number of nitrogens with one attached hydrogen (secondary N) is 2. The summed E-state index contributed by atoms with van der Waals surface area (Å²) in [5, 5.41) is 6.85. The number of unbranched alkanes of at least 4 members (excludes halogenated alkanes) is 15. The molecule has 0 saturated carbocycles. The Labute approximate surface area is 331 Å². The molecule has 0 heterocycles. The minimum Gasteiger partial charge on any atom is -0.425 e. The van der Waals surface area contributed by atoms with Crippen LogP contribution in [0.4, 0.5) is 0 Å². The van der Waals surface area contributed by atoms with Crippen molar-refractivity contribution in [3.05, 3.63) is 48.5 Å². The smallest absolute Gasteiger partial charge is 0.311 e. The minimum absolute atomic E-state index is 0.133. The van der Waals surface area contributed by atoms with Gasteiger partial charge in [-0.1, -0.05) is 122 Å². The molecule has 0 aliphatic heterocycles. The number of ether oxygens (including phenoxy) is 2. The van der Waals surface area contributed by atoms with Gasteiger partial charge >= 0.3 is 11.9 Å². The Balaban J connectivity index is 0.000000550. The van der Waals surface area contributed by atoms with E-state index in [-0.39, 0.29) is 24.3 Å². The number of hydrogen-bond donors (Lipinski definition) is 4. The first-order chi connectivity index (χ1) is 26.4. The standard InChI is InChI=1S/C21H35NO5S.C20H33NO5S/c1-2-3-4-5-6-7-12-17-22-18-13-8-9-16-21(23)27-19-14-10-11-15-20(19)28(24,25)26;1-2-3-4-5-6-11-16-21-17-12-7-8-15-20(22)26-18-13-9-10-14-19(18)27(23,24)25/h10-11,14-15,22H,2-9,12-13,16-18H2,1H3,(H,24,25,26);9-10,13-14,21H,2-8,11-12,15-17H2,1H3,(H,23,24,25). The summed E-state index contributed by atoms with van der Waals surface area (Å²) < 4.78 is 73.6. The maximum absolute atomic E-state index is 11.9. The van der Waals surface area contributed by atoms with E-state index in [9.17, 15) is 26.4 Å². The molecule has 0 bridgehead atoms. The molecule has 0 saturated heterocycles. The Kier molecular flexibility index (Phi) is 28.5. The van der Waals surface area contributed by atoms with Crippen LogP contribution in [-0.2, 0) is 29.8 Å². The van der Waals surface area contributed by atoms with Crippen molar-refractivity contribution in [3.8, 4) is 11.5 Å². The maximum atomic E-state index is 11.9. The maximum Gasteiger partial charge on any atom is 0.311 e. The van der Waals surface area contributed by atoms with Crippen molar-refractivity contribution >= 4 is 32.2 Å². The van der Waals surface area contributed by atoms with Crippen LogP contribution in [0.2, 0.25) is 0 Å². The lowest BCUT2D eigenvalue weighted by molar-refractivity contribution is -0.135. The third-order valence-electron chi connectivity index (χ3n) is 8.83. The van der Waals surface area contributed by atoms with Crippen molar-refractivity contribution < 1.29 is 45.0 Å². The molecule has 0 amide bonds. The number of rotatable bonds is 31. The number of hydrogen-bond acceptors (Lipinski definition) is 10. The third kappa shape index (κ3) is 26.6. The van der Waals surface area contributed by atoms with Gasteiger partial charge in [-0.3, -0.25) is 18.7 Å². The van der Waals surface area contributed by atoms with Crippen LogP contribution in [0.3, 0.4) is 0 Å². The zero-order valence-corrected chi connectivity index (χ0v) is 34.9. The second-order valence-corrected chi connectivity index (χ2v) is 16.6. The summed E-state index contributed by atoms with van der Waals surface area (Å²) in [6.45, 7) is 8.42. The Hall–Kier alpha value is -2.88. The molecule has 0 spiro atoms. The van der Waals surface area contributed by atoms with Gasteiger partial charge in [-0.2, -0.15) is 16.8 Å². The highest BCUT2D eigenvalue weighted by Crippen LogP contribution is 2.24. The highest BCUT2D eigenvalue weighted by molar-refractivity contribution is 7.86. The zero-order chi connectivity index (χ0) is 40.6. The number of carbonyl (C=O) groups is 2. The molecule has 0 aliphatic carbocycles. The summed E-state index contributed by atoms with van der Waals surface area (Å²) in [6, 6.07) is 11.1. The fraction of sp³-hybridized carbons (Fsp3) is 0.659. The number of carbonyl (C=O) groups excluding carboxylic acids is 2. The molecule has 0 radical (unpaired) electrons. The topological polar surface area (TPSA) is 185 Å². The van der Waals surface area contributed by atoms with Gasteiger partial charge in [0.2, 0.25) is 0 Å². The van der Waals surface area contributed by atoms with Gasteiger partial charge in [-0.15, -0.1) is 0 Å². The Morgan fingerprint density at radius 2 is 0.764 bits per heavy atom. The molecular formula is C41H68N2O10S2. The van der Waals surface area contributed by atoms with Crippen LogP contribution < -0.4 is 20.1 Å². The van der Waals surface area contributed by atoms with Gasteiger partial charge in [0.05, 0.1) is 0 Å². The summed E-state index contributed by atoms with van der Waals surface area (Å²) >= 11 is 0. The molecule has 12 nitrogen and oxygen atoms in total. The largest absolute Gasteiger partial charge is 0.425 e. The van der Waals surface area contributed by atoms with E-state index in [1.54, 1.807) is 12.1 Å². The Morgan fingerprint density at radius 1 is 0.473 bits per heavy atom. The minimum atomic E-state index is -4.41. The van der Waals surface area contributed by atoms with Crippen molar-refractivity contribution in [3.63, 3.8) is 0 Å². The summed E-state index contributed by atoms with van der Waals surface area (Å²) in [6.07, 6.45) is 22.5. The lowest BCUT2D eigenvalue weighted by Gasteiger charge is -2.08. The molecule has 314 valence electrons. The highest BCUT2D eigenvalue weighted by atomic mass is 32.2. The fourth-order valence-corrected chi connectivity index (χ4v) is 6.95. The van der Waals surface area contributed by atoms with E-state index in [0.717, 1.165) is 51.9 Å². The lowest BCUT2D eigenvalue weighted by Crippen LogP contribution is -2.16. The second kappa shape index (κ2) is 31.2. The van der Waals surface area contributed by atoms with Crippen molar-refractivity contribution in [2.45, 2.75) is 158 Å². The van der Waals surface area contributed by atoms with Gasteiger partial charge in [-0.25, -0.2) is 0 Å². The van der Waals surface area contributed by atoms with Crippen LogP contribution in [0.15, 0.2) is 58.3 Å². The van der Waals surface area contributed by atoms with Crippen LogP contribution >= 0.6 is 0 Å². The summed E-state index contributed by atoms with van der Waals surface area (Å²) in [7, 11) is -8.82. The molecule has 0 aliphatic rings. The molecule has 0 aromatic heterocycles. The molecule has 0 fully saturated rings. The van der Waals surface area contributed by atoms with Gasteiger partial charge in [0.25, 0.3) is 20.2 Å². The SMILES string of the molecule is CCCCCCCCCNCCCCCC(=O)Oc1ccccc1S(=O)(=O)O.CCCCCCCCNCCCCCC(=O)Oc1ccccc1S(=O)(=O)O. The van der Waals surface area contributed by atoms with Gasteiger partial charge < -0.3 is 20.1 Å². The first kappa shape index (κ1) is 50.1. The molecule has 2 aromatic carbocycles. The van der Waals surface area contributed by atoms with Crippen LogP contribution in [-0.4, -0.2) is 64.1 Å². The van der Waals surface area contributed by atoms with Crippen LogP contribution in [0.25, 0.3) is 0 Å². The van der Waals surface area contributed by atoms with Crippen molar-refractivity contribution in [1.82, 2.24) is 10.6 Å². The molecule has 14 heteroatoms. The van der Waals surface area contributed by atoms with E-state index < -0.39 is 42.0 Å². The molecular weight excluding hydrogens is 745 g/mol. The number of para-hydroxylation sites is 2. The van der Waals surface area contributed by atoms with Gasteiger partial charge in [-0.05, 0) is 89.0 Å². The van der Waals surface area contributed by atoms with Crippen molar-refractivity contribution in [2.24, 2.45) is 0 Å². The molecule has 55 heavy (non-hydrogen) atoms. The van der Waals surface area contributed by atoms with E-state index in [0.29, 0.717) is 12.8 Å².